The summed E-state index contributed by atoms with van der Waals surface area (Å²) in [5.41, 5.74) is 6.46. The molecule has 0 radical (unpaired) electrons. The van der Waals surface area contributed by atoms with Crippen molar-refractivity contribution in [1.82, 2.24) is 4.98 Å². The van der Waals surface area contributed by atoms with E-state index in [1.54, 1.807) is 0 Å². The summed E-state index contributed by atoms with van der Waals surface area (Å²) in [4.78, 5) is 14.9. The Balaban J connectivity index is 2.58. The quantitative estimate of drug-likeness (QED) is 0.635. The van der Waals surface area contributed by atoms with E-state index in [4.69, 9.17) is 10.8 Å². The van der Waals surface area contributed by atoms with E-state index in [9.17, 15) is 4.79 Å². The van der Waals surface area contributed by atoms with E-state index in [0.29, 0.717) is 11.5 Å². The van der Waals surface area contributed by atoms with Crippen LogP contribution in [0.25, 0.3) is 0 Å². The molecular formula is C15H25N3O2. The van der Waals surface area contributed by atoms with Crippen LogP contribution in [0.3, 0.4) is 0 Å². The number of aromatic nitrogens is 1. The average Bonchev–Trinajstić information content (AvgIpc) is 2.37. The summed E-state index contributed by atoms with van der Waals surface area (Å²) >= 11 is 0. The topological polar surface area (TPSA) is 88.2 Å². The lowest BCUT2D eigenvalue weighted by Crippen LogP contribution is -2.24. The first-order valence-electron chi connectivity index (χ1n) is 7.08. The molecule has 0 fully saturated rings. The van der Waals surface area contributed by atoms with Gasteiger partial charge in [-0.25, -0.2) is 9.78 Å². The fraction of sp³-hybridized carbons (Fsp3) is 0.600. The van der Waals surface area contributed by atoms with Crippen LogP contribution in [-0.4, -0.2) is 22.6 Å². The highest BCUT2D eigenvalue weighted by molar-refractivity contribution is 5.89. The van der Waals surface area contributed by atoms with E-state index in [1.807, 2.05) is 0 Å². The third kappa shape index (κ3) is 5.07. The smallest absolute Gasteiger partial charge is 0.337 e. The fourth-order valence-electron chi connectivity index (χ4n) is 2.01. The minimum absolute atomic E-state index is 0.107. The van der Waals surface area contributed by atoms with Gasteiger partial charge in [-0.05, 0) is 17.9 Å². The molecule has 0 aliphatic heterocycles. The number of hydrogen-bond donors (Lipinski definition) is 3. The molecule has 0 saturated heterocycles. The Morgan fingerprint density at radius 1 is 1.45 bits per heavy atom. The van der Waals surface area contributed by atoms with Gasteiger partial charge in [0.15, 0.2) is 0 Å². The normalized spacial score (nSPS) is 11.3. The van der Waals surface area contributed by atoms with E-state index in [1.165, 1.54) is 31.5 Å². The summed E-state index contributed by atoms with van der Waals surface area (Å²) in [7, 11) is 0. The van der Waals surface area contributed by atoms with Crippen molar-refractivity contribution in [2.75, 3.05) is 17.6 Å². The molecule has 0 spiro atoms. The number of carbonyl (C=O) groups is 1. The van der Waals surface area contributed by atoms with Gasteiger partial charge in [0.25, 0.3) is 0 Å². The predicted molar refractivity (Wildman–Crippen MR) is 82.0 cm³/mol. The number of carboxylic acids is 1. The van der Waals surface area contributed by atoms with E-state index >= 15 is 0 Å². The number of nitrogens with two attached hydrogens (primary N) is 1. The SMILES string of the molecule is CCCCCC(C)(C)CNc1ncc(C(=O)O)cc1N. The number of nitrogen functional groups attached to an aromatic ring is 1. The van der Waals surface area contributed by atoms with Crippen molar-refractivity contribution in [3.63, 3.8) is 0 Å². The monoisotopic (exact) mass is 279 g/mol. The van der Waals surface area contributed by atoms with Crippen LogP contribution in [0.15, 0.2) is 12.3 Å². The fourth-order valence-corrected chi connectivity index (χ4v) is 2.01. The first kappa shape index (κ1) is 16.3. The molecule has 0 atom stereocenters. The van der Waals surface area contributed by atoms with Gasteiger partial charge in [-0.15, -0.1) is 0 Å². The zero-order valence-corrected chi connectivity index (χ0v) is 12.6. The highest BCUT2D eigenvalue weighted by Gasteiger charge is 2.18. The van der Waals surface area contributed by atoms with Gasteiger partial charge >= 0.3 is 5.97 Å². The average molecular weight is 279 g/mol. The minimum atomic E-state index is -1.02. The van der Waals surface area contributed by atoms with Crippen molar-refractivity contribution in [1.29, 1.82) is 0 Å². The number of nitrogens with zero attached hydrogens (tertiary/aromatic N) is 1. The summed E-state index contributed by atoms with van der Waals surface area (Å²) in [6, 6.07) is 1.43. The number of aromatic carboxylic acids is 1. The molecule has 0 amide bonds. The Morgan fingerprint density at radius 2 is 2.15 bits per heavy atom. The second kappa shape index (κ2) is 7.12. The highest BCUT2D eigenvalue weighted by Crippen LogP contribution is 2.25. The Morgan fingerprint density at radius 3 is 2.70 bits per heavy atom. The second-order valence-corrected chi connectivity index (χ2v) is 5.94. The molecular weight excluding hydrogens is 254 g/mol. The van der Waals surface area contributed by atoms with E-state index in [2.05, 4.69) is 31.1 Å². The van der Waals surface area contributed by atoms with Gasteiger partial charge in [-0.1, -0.05) is 40.0 Å². The van der Waals surface area contributed by atoms with Gasteiger partial charge < -0.3 is 16.2 Å². The molecule has 0 aromatic carbocycles. The first-order valence-corrected chi connectivity index (χ1v) is 7.08. The Bertz CT molecular complexity index is 458. The molecule has 112 valence electrons. The maximum atomic E-state index is 10.8. The highest BCUT2D eigenvalue weighted by atomic mass is 16.4. The summed E-state index contributed by atoms with van der Waals surface area (Å²) in [6.07, 6.45) is 6.14. The molecule has 4 N–H and O–H groups in total. The van der Waals surface area contributed by atoms with Crippen LogP contribution in [0.1, 0.15) is 56.8 Å². The summed E-state index contributed by atoms with van der Waals surface area (Å²) < 4.78 is 0. The van der Waals surface area contributed by atoms with Gasteiger partial charge in [-0.2, -0.15) is 0 Å². The Hall–Kier alpha value is -1.78. The van der Waals surface area contributed by atoms with Crippen molar-refractivity contribution in [2.24, 2.45) is 5.41 Å². The van der Waals surface area contributed by atoms with Crippen molar-refractivity contribution in [3.8, 4) is 0 Å². The summed E-state index contributed by atoms with van der Waals surface area (Å²) in [5.74, 6) is -0.464. The van der Waals surface area contributed by atoms with Crippen LogP contribution < -0.4 is 11.1 Å². The molecule has 5 nitrogen and oxygen atoms in total. The van der Waals surface area contributed by atoms with Crippen LogP contribution in [0.5, 0.6) is 0 Å². The molecule has 0 saturated carbocycles. The second-order valence-electron chi connectivity index (χ2n) is 5.94. The molecule has 1 rings (SSSR count). The third-order valence-electron chi connectivity index (χ3n) is 3.36. The number of carboxylic acid groups (broad SMARTS) is 1. The lowest BCUT2D eigenvalue weighted by Gasteiger charge is -2.25. The lowest BCUT2D eigenvalue weighted by molar-refractivity contribution is 0.0696. The maximum Gasteiger partial charge on any atom is 0.337 e. The molecule has 0 aliphatic carbocycles. The molecule has 1 aromatic heterocycles. The van der Waals surface area contributed by atoms with Crippen LogP contribution in [0.4, 0.5) is 11.5 Å². The molecule has 5 heteroatoms. The van der Waals surface area contributed by atoms with E-state index < -0.39 is 5.97 Å². The van der Waals surface area contributed by atoms with Gasteiger partial charge in [0.05, 0.1) is 11.3 Å². The Kier molecular flexibility index (Phi) is 5.80. The third-order valence-corrected chi connectivity index (χ3v) is 3.36. The van der Waals surface area contributed by atoms with Crippen molar-refractivity contribution in [2.45, 2.75) is 46.5 Å². The van der Waals surface area contributed by atoms with E-state index in [0.717, 1.165) is 13.0 Å². The molecule has 0 aliphatic rings. The first-order chi connectivity index (χ1) is 9.35. The number of hydrogen-bond acceptors (Lipinski definition) is 4. The largest absolute Gasteiger partial charge is 0.478 e. The van der Waals surface area contributed by atoms with E-state index in [-0.39, 0.29) is 11.0 Å². The number of unbranched alkanes of at least 4 members (excludes halogenated alkanes) is 2. The summed E-state index contributed by atoms with van der Waals surface area (Å²) in [6.45, 7) is 7.37. The van der Waals surface area contributed by atoms with Gasteiger partial charge in [0.1, 0.15) is 5.82 Å². The van der Waals surface area contributed by atoms with Crippen molar-refractivity contribution >= 4 is 17.5 Å². The number of pyridine rings is 1. The van der Waals surface area contributed by atoms with Crippen LogP contribution >= 0.6 is 0 Å². The predicted octanol–water partition coefficient (Wildman–Crippen LogP) is 3.38. The van der Waals surface area contributed by atoms with Crippen LogP contribution in [0.2, 0.25) is 0 Å². The zero-order valence-electron chi connectivity index (χ0n) is 12.6. The van der Waals surface area contributed by atoms with Crippen LogP contribution in [-0.2, 0) is 0 Å². The molecule has 0 bridgehead atoms. The van der Waals surface area contributed by atoms with Gasteiger partial charge in [-0.3, -0.25) is 0 Å². The van der Waals surface area contributed by atoms with Crippen molar-refractivity contribution < 1.29 is 9.90 Å². The van der Waals surface area contributed by atoms with Gasteiger partial charge in [0.2, 0.25) is 0 Å². The summed E-state index contributed by atoms with van der Waals surface area (Å²) in [5, 5.41) is 12.1. The number of anilines is 2. The van der Waals surface area contributed by atoms with Crippen LogP contribution in [0, 0.1) is 5.41 Å². The lowest BCUT2D eigenvalue weighted by atomic mass is 9.87. The molecule has 1 aromatic rings. The standard InChI is InChI=1S/C15H25N3O2/c1-4-5-6-7-15(2,3)10-18-13-12(16)8-11(9-17-13)14(19)20/h8-9H,4-7,10,16H2,1-3H3,(H,17,18)(H,19,20). The minimum Gasteiger partial charge on any atom is -0.478 e. The van der Waals surface area contributed by atoms with Gasteiger partial charge in [0, 0.05) is 12.7 Å². The number of nitrogens with one attached hydrogen (secondary N) is 1. The molecule has 1 heterocycles. The maximum absolute atomic E-state index is 10.8. The Labute approximate surface area is 120 Å². The molecule has 20 heavy (non-hydrogen) atoms. The zero-order chi connectivity index (χ0) is 15.2. The molecule has 0 unspecified atom stereocenters. The number of rotatable bonds is 8. The van der Waals surface area contributed by atoms with Crippen molar-refractivity contribution in [3.05, 3.63) is 17.8 Å².